The molecule has 1 aliphatic rings. The lowest BCUT2D eigenvalue weighted by Crippen LogP contribution is -2.20. The second-order valence-electron chi connectivity index (χ2n) is 6.04. The fourth-order valence-electron chi connectivity index (χ4n) is 3.50. The van der Waals surface area contributed by atoms with E-state index in [9.17, 15) is 0 Å². The molecule has 0 saturated heterocycles. The van der Waals surface area contributed by atoms with Gasteiger partial charge in [0, 0.05) is 38.6 Å². The van der Waals surface area contributed by atoms with Gasteiger partial charge in [0.2, 0.25) is 0 Å². The first-order valence-corrected chi connectivity index (χ1v) is 9.17. The van der Waals surface area contributed by atoms with Crippen LogP contribution in [0.2, 0.25) is 5.02 Å². The molecule has 2 nitrogen and oxygen atoms in total. The number of hydrogen-bond acceptors (Lipinski definition) is 2. The standard InChI is InChI=1S/C20H15ClN2S/c21-15-6-3-7-16-14(15)12-22-20(17-8-4-10-23(16)17)19-11-13-5-1-2-9-18(13)24-19/h1-11,20,22H,12H2. The summed E-state index contributed by atoms with van der Waals surface area (Å²) in [5.74, 6) is 0. The summed E-state index contributed by atoms with van der Waals surface area (Å²) in [6, 6.07) is 21.4. The predicted octanol–water partition coefficient (Wildman–Crippen LogP) is 5.54. The third-order valence-electron chi connectivity index (χ3n) is 4.64. The highest BCUT2D eigenvalue weighted by Crippen LogP contribution is 2.37. The fraction of sp³-hybridized carbons (Fsp3) is 0.100. The first-order chi connectivity index (χ1) is 11.8. The molecule has 118 valence electrons. The molecule has 0 aliphatic carbocycles. The van der Waals surface area contributed by atoms with Crippen LogP contribution in [0, 0.1) is 0 Å². The minimum atomic E-state index is 0.167. The van der Waals surface area contributed by atoms with Crippen molar-refractivity contribution in [3.05, 3.63) is 88.0 Å². The SMILES string of the molecule is Clc1cccc2c1CNC(c1cc3ccccc3s1)c1cccn1-2. The van der Waals surface area contributed by atoms with Crippen molar-refractivity contribution in [2.24, 2.45) is 0 Å². The highest BCUT2D eigenvalue weighted by molar-refractivity contribution is 7.19. The molecule has 2 aromatic heterocycles. The molecule has 0 radical (unpaired) electrons. The highest BCUT2D eigenvalue weighted by Gasteiger charge is 2.25. The van der Waals surface area contributed by atoms with Gasteiger partial charge in [0.1, 0.15) is 0 Å². The maximum Gasteiger partial charge on any atom is 0.0831 e. The van der Waals surface area contributed by atoms with E-state index in [1.54, 1.807) is 0 Å². The van der Waals surface area contributed by atoms with Gasteiger partial charge in [0.15, 0.2) is 0 Å². The number of nitrogens with one attached hydrogen (secondary N) is 1. The van der Waals surface area contributed by atoms with Crippen LogP contribution in [0.15, 0.2) is 66.9 Å². The summed E-state index contributed by atoms with van der Waals surface area (Å²) in [5.41, 5.74) is 3.57. The Balaban J connectivity index is 1.69. The molecule has 4 heteroatoms. The van der Waals surface area contributed by atoms with E-state index in [4.69, 9.17) is 11.6 Å². The van der Waals surface area contributed by atoms with E-state index < -0.39 is 0 Å². The van der Waals surface area contributed by atoms with Crippen molar-refractivity contribution in [2.75, 3.05) is 0 Å². The molecule has 24 heavy (non-hydrogen) atoms. The van der Waals surface area contributed by atoms with Gasteiger partial charge in [-0.2, -0.15) is 0 Å². The Morgan fingerprint density at radius 1 is 1.04 bits per heavy atom. The lowest BCUT2D eigenvalue weighted by Gasteiger charge is -2.15. The van der Waals surface area contributed by atoms with Crippen molar-refractivity contribution >= 4 is 33.0 Å². The normalized spacial score (nSPS) is 16.6. The van der Waals surface area contributed by atoms with Crippen molar-refractivity contribution in [3.63, 3.8) is 0 Å². The van der Waals surface area contributed by atoms with Crippen molar-refractivity contribution < 1.29 is 0 Å². The molecular weight excluding hydrogens is 336 g/mol. The Morgan fingerprint density at radius 2 is 1.96 bits per heavy atom. The molecule has 0 saturated carbocycles. The van der Waals surface area contributed by atoms with Gasteiger partial charge >= 0.3 is 0 Å². The minimum absolute atomic E-state index is 0.167. The van der Waals surface area contributed by atoms with Gasteiger partial charge in [0.25, 0.3) is 0 Å². The maximum absolute atomic E-state index is 6.46. The Kier molecular flexibility index (Phi) is 3.27. The van der Waals surface area contributed by atoms with Crippen molar-refractivity contribution in [1.82, 2.24) is 9.88 Å². The van der Waals surface area contributed by atoms with Crippen molar-refractivity contribution in [3.8, 4) is 5.69 Å². The van der Waals surface area contributed by atoms with Gasteiger partial charge in [-0.15, -0.1) is 11.3 Å². The summed E-state index contributed by atoms with van der Waals surface area (Å²) in [6.45, 7) is 0.760. The number of aromatic nitrogens is 1. The Hall–Kier alpha value is -2.07. The molecule has 3 heterocycles. The van der Waals surface area contributed by atoms with Crippen LogP contribution in [0.3, 0.4) is 0 Å². The average molecular weight is 351 g/mol. The average Bonchev–Trinajstić information content (AvgIpc) is 3.20. The highest BCUT2D eigenvalue weighted by atomic mass is 35.5. The minimum Gasteiger partial charge on any atom is -0.319 e. The first-order valence-electron chi connectivity index (χ1n) is 7.98. The quantitative estimate of drug-likeness (QED) is 0.477. The molecular formula is C20H15ClN2S. The Morgan fingerprint density at radius 3 is 2.88 bits per heavy atom. The Bertz CT molecular complexity index is 1010. The van der Waals surface area contributed by atoms with Crippen LogP contribution in [-0.2, 0) is 6.54 Å². The van der Waals surface area contributed by atoms with E-state index in [-0.39, 0.29) is 6.04 Å². The van der Waals surface area contributed by atoms with Crippen LogP contribution in [0.25, 0.3) is 15.8 Å². The van der Waals surface area contributed by atoms with Gasteiger partial charge in [-0.1, -0.05) is 35.9 Å². The van der Waals surface area contributed by atoms with Crippen LogP contribution >= 0.6 is 22.9 Å². The van der Waals surface area contributed by atoms with Gasteiger partial charge in [-0.3, -0.25) is 0 Å². The summed E-state index contributed by atoms with van der Waals surface area (Å²) >= 11 is 8.31. The van der Waals surface area contributed by atoms with E-state index in [0.29, 0.717) is 0 Å². The van der Waals surface area contributed by atoms with Gasteiger partial charge in [0.05, 0.1) is 11.7 Å². The third-order valence-corrected chi connectivity index (χ3v) is 6.18. The molecule has 1 unspecified atom stereocenters. The molecule has 0 fully saturated rings. The third kappa shape index (κ3) is 2.13. The predicted molar refractivity (Wildman–Crippen MR) is 101 cm³/mol. The molecule has 0 bridgehead atoms. The topological polar surface area (TPSA) is 17.0 Å². The number of fused-ring (bicyclic) bond motifs is 4. The first kappa shape index (κ1) is 14.3. The molecule has 0 spiro atoms. The number of halogens is 1. The van der Waals surface area contributed by atoms with E-state index in [2.05, 4.69) is 64.6 Å². The molecule has 1 aliphatic heterocycles. The van der Waals surface area contributed by atoms with E-state index >= 15 is 0 Å². The number of rotatable bonds is 1. The number of hydrogen-bond donors (Lipinski definition) is 1. The lowest BCUT2D eigenvalue weighted by atomic mass is 10.1. The molecule has 0 amide bonds. The number of benzene rings is 2. The van der Waals surface area contributed by atoms with Gasteiger partial charge < -0.3 is 9.88 Å². The summed E-state index contributed by atoms with van der Waals surface area (Å²) < 4.78 is 3.59. The van der Waals surface area contributed by atoms with Gasteiger partial charge in [-0.25, -0.2) is 0 Å². The zero-order chi connectivity index (χ0) is 16.1. The van der Waals surface area contributed by atoms with Crippen LogP contribution < -0.4 is 5.32 Å². The molecule has 5 rings (SSSR count). The van der Waals surface area contributed by atoms with Crippen molar-refractivity contribution in [1.29, 1.82) is 0 Å². The van der Waals surface area contributed by atoms with Gasteiger partial charge in [-0.05, 0) is 41.8 Å². The molecule has 2 aromatic carbocycles. The van der Waals surface area contributed by atoms with E-state index in [1.165, 1.54) is 26.3 Å². The van der Waals surface area contributed by atoms with E-state index in [1.807, 2.05) is 23.5 Å². The smallest absolute Gasteiger partial charge is 0.0831 e. The second kappa shape index (κ2) is 5.49. The zero-order valence-electron chi connectivity index (χ0n) is 12.9. The fourth-order valence-corrected chi connectivity index (χ4v) is 4.89. The summed E-state index contributed by atoms with van der Waals surface area (Å²) in [7, 11) is 0. The summed E-state index contributed by atoms with van der Waals surface area (Å²) in [6.07, 6.45) is 2.12. The van der Waals surface area contributed by atoms with Crippen LogP contribution in [0.5, 0.6) is 0 Å². The zero-order valence-corrected chi connectivity index (χ0v) is 14.4. The number of nitrogens with zero attached hydrogens (tertiary/aromatic N) is 1. The summed E-state index contributed by atoms with van der Waals surface area (Å²) in [4.78, 5) is 1.33. The lowest BCUT2D eigenvalue weighted by molar-refractivity contribution is 0.609. The monoisotopic (exact) mass is 350 g/mol. The van der Waals surface area contributed by atoms with Crippen LogP contribution in [0.1, 0.15) is 22.2 Å². The maximum atomic E-state index is 6.46. The largest absolute Gasteiger partial charge is 0.319 e. The summed E-state index contributed by atoms with van der Waals surface area (Å²) in [5, 5.41) is 5.82. The number of thiophene rings is 1. The molecule has 1 atom stereocenters. The van der Waals surface area contributed by atoms with Crippen molar-refractivity contribution in [2.45, 2.75) is 12.6 Å². The van der Waals surface area contributed by atoms with E-state index in [0.717, 1.165) is 17.1 Å². The van der Waals surface area contributed by atoms with Crippen LogP contribution in [-0.4, -0.2) is 4.57 Å². The molecule has 1 N–H and O–H groups in total. The Labute approximate surface area is 149 Å². The molecule has 4 aromatic rings. The van der Waals surface area contributed by atoms with Crippen LogP contribution in [0.4, 0.5) is 0 Å². The second-order valence-corrected chi connectivity index (χ2v) is 7.56.